The predicted octanol–water partition coefficient (Wildman–Crippen LogP) is 3.36. The van der Waals surface area contributed by atoms with Gasteiger partial charge in [-0.2, -0.15) is 0 Å². The zero-order valence-corrected chi connectivity index (χ0v) is 19.9. The van der Waals surface area contributed by atoms with Crippen molar-refractivity contribution < 1.29 is 18.7 Å². The number of carbonyl (C=O) groups is 1. The number of likely N-dealkylation sites (N-methyl/N-ethyl adjacent to an activating group) is 1. The van der Waals surface area contributed by atoms with Gasteiger partial charge in [0.25, 0.3) is 0 Å². The van der Waals surface area contributed by atoms with Crippen molar-refractivity contribution in [2.75, 3.05) is 27.2 Å². The van der Waals surface area contributed by atoms with Gasteiger partial charge in [-0.15, -0.1) is 12.4 Å². The third kappa shape index (κ3) is 7.76. The number of benzene rings is 2. The first kappa shape index (κ1) is 26.2. The first-order valence-corrected chi connectivity index (χ1v) is 10.4. The fourth-order valence-corrected chi connectivity index (χ4v) is 3.32. The number of methoxy groups -OCH3 is 1. The van der Waals surface area contributed by atoms with Crippen LogP contribution in [0.15, 0.2) is 55.0 Å². The highest BCUT2D eigenvalue weighted by Gasteiger charge is 2.14. The fourth-order valence-electron chi connectivity index (χ4n) is 3.32. The molecule has 0 saturated carbocycles. The minimum Gasteiger partial charge on any atom is -0.493 e. The van der Waals surface area contributed by atoms with Gasteiger partial charge < -0.3 is 19.4 Å². The molecule has 0 fully saturated rings. The third-order valence-electron chi connectivity index (χ3n) is 5.18. The van der Waals surface area contributed by atoms with Crippen LogP contribution in [-0.2, 0) is 31.4 Å². The summed E-state index contributed by atoms with van der Waals surface area (Å²) in [5, 5.41) is 2.68. The van der Waals surface area contributed by atoms with Crippen molar-refractivity contribution >= 4 is 18.3 Å². The number of rotatable bonds is 11. The van der Waals surface area contributed by atoms with Gasteiger partial charge in [-0.05, 0) is 41.8 Å². The Morgan fingerprint density at radius 1 is 1.18 bits per heavy atom. The number of nitrogens with zero attached hydrogens (tertiary/aromatic N) is 3. The number of hydrogen-bond donors (Lipinski definition) is 1. The molecule has 0 atom stereocenters. The van der Waals surface area contributed by atoms with Crippen molar-refractivity contribution in [2.45, 2.75) is 19.6 Å². The minimum absolute atomic E-state index is 0. The lowest BCUT2D eigenvalue weighted by Crippen LogP contribution is -2.36. The number of halogens is 2. The van der Waals surface area contributed by atoms with E-state index in [0.717, 1.165) is 23.2 Å². The van der Waals surface area contributed by atoms with Gasteiger partial charge >= 0.3 is 0 Å². The van der Waals surface area contributed by atoms with Gasteiger partial charge in [0.1, 0.15) is 12.4 Å². The van der Waals surface area contributed by atoms with Crippen molar-refractivity contribution in [3.05, 3.63) is 77.6 Å². The molecule has 0 radical (unpaired) electrons. The highest BCUT2D eigenvalue weighted by Crippen LogP contribution is 2.29. The molecule has 1 aromatic heterocycles. The molecule has 0 saturated heterocycles. The van der Waals surface area contributed by atoms with Crippen LogP contribution < -0.4 is 14.8 Å². The van der Waals surface area contributed by atoms with Crippen LogP contribution in [0.4, 0.5) is 4.39 Å². The van der Waals surface area contributed by atoms with Crippen molar-refractivity contribution in [2.24, 2.45) is 7.05 Å². The quantitative estimate of drug-likeness (QED) is 0.459. The molecular weight excluding hydrogens is 447 g/mol. The average molecular weight is 477 g/mol. The van der Waals surface area contributed by atoms with Crippen molar-refractivity contribution in [1.82, 2.24) is 19.8 Å². The normalized spacial score (nSPS) is 10.6. The van der Waals surface area contributed by atoms with Gasteiger partial charge in [0, 0.05) is 33.4 Å². The maximum atomic E-state index is 13.4. The monoisotopic (exact) mass is 476 g/mol. The van der Waals surface area contributed by atoms with Crippen molar-refractivity contribution in [3.8, 4) is 11.5 Å². The van der Waals surface area contributed by atoms with Crippen molar-refractivity contribution in [3.63, 3.8) is 0 Å². The van der Waals surface area contributed by atoms with Crippen LogP contribution >= 0.6 is 12.4 Å². The minimum atomic E-state index is -0.291. The van der Waals surface area contributed by atoms with E-state index in [9.17, 15) is 9.18 Å². The highest BCUT2D eigenvalue weighted by atomic mass is 35.5. The smallest absolute Gasteiger partial charge is 0.233 e. The summed E-state index contributed by atoms with van der Waals surface area (Å²) < 4.78 is 26.7. The molecule has 9 heteroatoms. The number of imidazole rings is 1. The molecule has 3 rings (SSSR count). The van der Waals surface area contributed by atoms with Crippen LogP contribution in [-0.4, -0.2) is 47.6 Å². The second-order valence-electron chi connectivity index (χ2n) is 7.53. The van der Waals surface area contributed by atoms with E-state index >= 15 is 0 Å². The molecule has 2 aromatic carbocycles. The molecule has 7 nitrogen and oxygen atoms in total. The number of aryl methyl sites for hydroxylation is 1. The maximum absolute atomic E-state index is 13.4. The Hall–Kier alpha value is -3.10. The van der Waals surface area contributed by atoms with E-state index < -0.39 is 0 Å². The van der Waals surface area contributed by atoms with E-state index in [4.69, 9.17) is 9.47 Å². The van der Waals surface area contributed by atoms with E-state index in [2.05, 4.69) is 15.2 Å². The Labute approximate surface area is 199 Å². The molecule has 0 aliphatic carbocycles. The molecule has 0 spiro atoms. The summed E-state index contributed by atoms with van der Waals surface area (Å²) in [5.74, 6) is 0.882. The lowest BCUT2D eigenvalue weighted by Gasteiger charge is -2.22. The van der Waals surface area contributed by atoms with Crippen LogP contribution in [0, 0.1) is 5.82 Å². The number of amides is 1. The zero-order chi connectivity index (χ0) is 22.9. The molecule has 33 heavy (non-hydrogen) atoms. The van der Waals surface area contributed by atoms with Crippen LogP contribution in [0.5, 0.6) is 11.5 Å². The molecule has 0 unspecified atom stereocenters. The number of nitrogens with one attached hydrogen (secondary N) is 1. The first-order valence-electron chi connectivity index (χ1n) is 10.4. The van der Waals surface area contributed by atoms with Gasteiger partial charge in [-0.1, -0.05) is 18.2 Å². The van der Waals surface area contributed by atoms with E-state index in [1.54, 1.807) is 26.6 Å². The van der Waals surface area contributed by atoms with E-state index in [-0.39, 0.29) is 30.7 Å². The lowest BCUT2D eigenvalue weighted by molar-refractivity contribution is -0.121. The Morgan fingerprint density at radius 2 is 2.00 bits per heavy atom. The first-order chi connectivity index (χ1) is 15.5. The number of ether oxygens (including phenoxy) is 2. The maximum Gasteiger partial charge on any atom is 0.233 e. The zero-order valence-electron chi connectivity index (χ0n) is 19.1. The Morgan fingerprint density at radius 3 is 2.67 bits per heavy atom. The van der Waals surface area contributed by atoms with E-state index in [1.807, 2.05) is 42.1 Å². The summed E-state index contributed by atoms with van der Waals surface area (Å²) in [5.41, 5.74) is 2.84. The Kier molecular flexibility index (Phi) is 10.2. The molecule has 1 N–H and O–H groups in total. The summed E-state index contributed by atoms with van der Waals surface area (Å²) >= 11 is 0. The third-order valence-corrected chi connectivity index (χ3v) is 5.18. The SMILES string of the molecule is CNC(=O)CN(CCc1ccc(OCc2cccc(F)c2)c(OC)c1)Cc1cncn1C.Cl. The molecule has 1 heterocycles. The van der Waals surface area contributed by atoms with Crippen LogP contribution in [0.1, 0.15) is 16.8 Å². The van der Waals surface area contributed by atoms with Gasteiger partial charge in [0.2, 0.25) is 5.91 Å². The van der Waals surface area contributed by atoms with Gasteiger partial charge in [0.15, 0.2) is 11.5 Å². The van der Waals surface area contributed by atoms with Crippen molar-refractivity contribution in [1.29, 1.82) is 0 Å². The summed E-state index contributed by atoms with van der Waals surface area (Å²) in [6, 6.07) is 12.1. The van der Waals surface area contributed by atoms with Crippen LogP contribution in [0.25, 0.3) is 0 Å². The second kappa shape index (κ2) is 12.8. The highest BCUT2D eigenvalue weighted by molar-refractivity contribution is 5.85. The largest absolute Gasteiger partial charge is 0.493 e. The molecular formula is C24H30ClFN4O3. The topological polar surface area (TPSA) is 68.6 Å². The average Bonchev–Trinajstić information content (AvgIpc) is 3.20. The molecule has 0 bridgehead atoms. The molecule has 1 amide bonds. The summed E-state index contributed by atoms with van der Waals surface area (Å²) in [4.78, 5) is 18.2. The second-order valence-corrected chi connectivity index (χ2v) is 7.53. The molecule has 0 aliphatic rings. The molecule has 178 valence electrons. The molecule has 0 aliphatic heterocycles. The molecule has 3 aromatic rings. The van der Waals surface area contributed by atoms with E-state index in [0.29, 0.717) is 31.1 Å². The van der Waals surface area contributed by atoms with Crippen LogP contribution in [0.2, 0.25) is 0 Å². The summed E-state index contributed by atoms with van der Waals surface area (Å²) in [6.07, 6.45) is 4.29. The lowest BCUT2D eigenvalue weighted by atomic mass is 10.1. The Bertz CT molecular complexity index is 1040. The predicted molar refractivity (Wildman–Crippen MR) is 127 cm³/mol. The number of aromatic nitrogens is 2. The van der Waals surface area contributed by atoms with Gasteiger partial charge in [-0.25, -0.2) is 9.37 Å². The standard InChI is InChI=1S/C24H29FN4O3.ClH/c1-26-24(30)15-29(14-21-13-27-17-28(21)2)10-9-18-7-8-22(23(12-18)31-3)32-16-19-5-4-6-20(25)11-19;/h4-8,11-13,17H,9-10,14-16H2,1-3H3,(H,26,30);1H. The number of carbonyl (C=O) groups excluding carboxylic acids is 1. The van der Waals surface area contributed by atoms with E-state index in [1.165, 1.54) is 12.1 Å². The Balaban J connectivity index is 0.00000385. The van der Waals surface area contributed by atoms with Gasteiger partial charge in [-0.3, -0.25) is 9.69 Å². The summed E-state index contributed by atoms with van der Waals surface area (Å²) in [7, 11) is 5.17. The van der Waals surface area contributed by atoms with Crippen LogP contribution in [0.3, 0.4) is 0 Å². The summed E-state index contributed by atoms with van der Waals surface area (Å²) in [6.45, 7) is 1.85. The number of hydrogen-bond acceptors (Lipinski definition) is 5. The van der Waals surface area contributed by atoms with Gasteiger partial charge in [0.05, 0.1) is 25.7 Å². The fraction of sp³-hybridized carbons (Fsp3) is 0.333.